The van der Waals surface area contributed by atoms with Crippen molar-refractivity contribution in [2.75, 3.05) is 40.9 Å². The highest BCUT2D eigenvalue weighted by atomic mass is 31.2. The predicted molar refractivity (Wildman–Crippen MR) is 277 cm³/mol. The Hall–Kier alpha value is -1.25. The quantitative estimate of drug-likeness (QED) is 0.0205. The van der Waals surface area contributed by atoms with Gasteiger partial charge in [-0.2, -0.15) is 0 Å². The van der Waals surface area contributed by atoms with Gasteiger partial charge in [-0.15, -0.1) is 0 Å². The average Bonchev–Trinajstić information content (AvgIpc) is 3.26. The Morgan fingerprint density at radius 3 is 1.26 bits per heavy atom. The second-order valence-electron chi connectivity index (χ2n) is 20.5. The van der Waals surface area contributed by atoms with Crippen LogP contribution in [0.15, 0.2) is 12.2 Å². The number of quaternary nitrogens is 1. The number of nitrogens with one attached hydrogen (secondary N) is 1. The molecule has 0 fully saturated rings. The van der Waals surface area contributed by atoms with E-state index in [0.717, 1.165) is 57.8 Å². The number of allylic oxidation sites excluding steroid dienone is 1. The van der Waals surface area contributed by atoms with Crippen LogP contribution >= 0.6 is 7.82 Å². The molecule has 10 heteroatoms. The molecule has 2 N–H and O–H groups in total. The Morgan fingerprint density at radius 2 is 0.877 bits per heavy atom. The van der Waals surface area contributed by atoms with Gasteiger partial charge in [-0.05, 0) is 31.8 Å². The summed E-state index contributed by atoms with van der Waals surface area (Å²) in [5.41, 5.74) is 0. The largest absolute Gasteiger partial charge is 0.472 e. The molecular weight excluding hydrogens is 832 g/mol. The lowest BCUT2D eigenvalue weighted by atomic mass is 10.0. The predicted octanol–water partition coefficient (Wildman–Crippen LogP) is 16.4. The number of phosphoric ester groups is 1. The second-order valence-corrected chi connectivity index (χ2v) is 21.9. The Morgan fingerprint density at radius 1 is 0.523 bits per heavy atom. The number of carbonyl (C=O) groups is 2. The molecule has 3 unspecified atom stereocenters. The molecule has 65 heavy (non-hydrogen) atoms. The van der Waals surface area contributed by atoms with Crippen molar-refractivity contribution in [2.45, 2.75) is 290 Å². The van der Waals surface area contributed by atoms with Gasteiger partial charge in [-0.25, -0.2) is 4.57 Å². The zero-order valence-electron chi connectivity index (χ0n) is 44.0. The lowest BCUT2D eigenvalue weighted by Crippen LogP contribution is -2.47. The molecule has 0 spiro atoms. The molecule has 0 aliphatic rings. The normalized spacial score (nSPS) is 13.9. The van der Waals surface area contributed by atoms with Crippen LogP contribution in [0.3, 0.4) is 0 Å². The maximum atomic E-state index is 13.5. The van der Waals surface area contributed by atoms with Crippen molar-refractivity contribution in [3.63, 3.8) is 0 Å². The molecular formula is C55H110N2O7P+. The molecule has 0 rings (SSSR count). The molecule has 0 aliphatic heterocycles. The summed E-state index contributed by atoms with van der Waals surface area (Å²) >= 11 is 0. The van der Waals surface area contributed by atoms with Crippen LogP contribution in [0.2, 0.25) is 0 Å². The van der Waals surface area contributed by atoms with Crippen LogP contribution in [0.1, 0.15) is 278 Å². The minimum absolute atomic E-state index is 0.0453. The molecule has 0 bridgehead atoms. The van der Waals surface area contributed by atoms with E-state index < -0.39 is 20.0 Å². The topological polar surface area (TPSA) is 111 Å². The van der Waals surface area contributed by atoms with E-state index in [-0.39, 0.29) is 25.1 Å². The molecule has 0 heterocycles. The Bertz CT molecular complexity index is 1130. The van der Waals surface area contributed by atoms with E-state index in [9.17, 15) is 19.0 Å². The van der Waals surface area contributed by atoms with Gasteiger partial charge in [0.05, 0.1) is 33.8 Å². The van der Waals surface area contributed by atoms with Crippen molar-refractivity contribution in [1.29, 1.82) is 0 Å². The molecule has 0 saturated heterocycles. The van der Waals surface area contributed by atoms with E-state index in [4.69, 9.17) is 13.8 Å². The summed E-state index contributed by atoms with van der Waals surface area (Å²) in [5.74, 6) is -0.491. The average molecular weight is 942 g/mol. The van der Waals surface area contributed by atoms with Gasteiger partial charge < -0.3 is 19.4 Å². The van der Waals surface area contributed by atoms with E-state index in [0.29, 0.717) is 23.9 Å². The summed E-state index contributed by atoms with van der Waals surface area (Å²) in [6, 6.07) is -0.837. The number of nitrogens with zero attached hydrogens (tertiary/aromatic N) is 1. The van der Waals surface area contributed by atoms with E-state index in [1.807, 2.05) is 33.3 Å². The molecule has 1 amide bonds. The van der Waals surface area contributed by atoms with Gasteiger partial charge in [0.1, 0.15) is 19.3 Å². The third-order valence-electron chi connectivity index (χ3n) is 12.7. The van der Waals surface area contributed by atoms with Crippen LogP contribution in [0.5, 0.6) is 0 Å². The number of unbranched alkanes of at least 4 members (excludes halogenated alkanes) is 35. The van der Waals surface area contributed by atoms with Crippen LogP contribution in [-0.4, -0.2) is 74.3 Å². The zero-order valence-corrected chi connectivity index (χ0v) is 44.9. The highest BCUT2D eigenvalue weighted by molar-refractivity contribution is 7.47. The molecule has 3 atom stereocenters. The maximum absolute atomic E-state index is 13.5. The number of likely N-dealkylation sites (N-methyl/N-ethyl adjacent to an activating group) is 1. The summed E-state index contributed by atoms with van der Waals surface area (Å²) in [6.07, 6.45) is 50.6. The first-order valence-electron chi connectivity index (χ1n) is 28.0. The molecule has 0 radical (unpaired) electrons. The number of amides is 1. The molecule has 0 aromatic heterocycles. The molecule has 9 nitrogen and oxygen atoms in total. The Kier molecular flexibility index (Phi) is 45.6. The number of ether oxygens (including phenoxy) is 1. The highest BCUT2D eigenvalue weighted by Gasteiger charge is 2.30. The minimum Gasteiger partial charge on any atom is -0.456 e. The fourth-order valence-electron chi connectivity index (χ4n) is 8.35. The number of hydrogen-bond donors (Lipinski definition) is 2. The molecule has 0 aliphatic carbocycles. The van der Waals surface area contributed by atoms with Crippen LogP contribution in [0.4, 0.5) is 0 Å². The summed E-state index contributed by atoms with van der Waals surface area (Å²) in [7, 11) is 1.51. The smallest absolute Gasteiger partial charge is 0.456 e. The number of carbonyl (C=O) groups excluding carboxylic acids is 2. The number of hydrogen-bond acceptors (Lipinski definition) is 6. The zero-order chi connectivity index (χ0) is 48.0. The molecule has 386 valence electrons. The minimum atomic E-state index is -4.43. The summed E-state index contributed by atoms with van der Waals surface area (Å²) < 4.78 is 30.5. The third-order valence-corrected chi connectivity index (χ3v) is 13.7. The van der Waals surface area contributed by atoms with Gasteiger partial charge in [0.15, 0.2) is 0 Å². The summed E-state index contributed by atoms with van der Waals surface area (Å²) in [6.45, 7) is 7.03. The lowest BCUT2D eigenvalue weighted by Gasteiger charge is -2.27. The Labute approximate surface area is 403 Å². The second kappa shape index (κ2) is 46.5. The van der Waals surface area contributed by atoms with Crippen LogP contribution in [-0.2, 0) is 27.9 Å². The van der Waals surface area contributed by atoms with Crippen LogP contribution in [0, 0.1) is 0 Å². The van der Waals surface area contributed by atoms with E-state index in [1.165, 1.54) is 186 Å². The summed E-state index contributed by atoms with van der Waals surface area (Å²) in [5, 5.41) is 3.05. The van der Waals surface area contributed by atoms with Gasteiger partial charge in [0.2, 0.25) is 5.91 Å². The van der Waals surface area contributed by atoms with Crippen molar-refractivity contribution in [3.8, 4) is 0 Å². The van der Waals surface area contributed by atoms with Crippen molar-refractivity contribution in [1.82, 2.24) is 5.32 Å². The van der Waals surface area contributed by atoms with E-state index in [2.05, 4.69) is 26.1 Å². The van der Waals surface area contributed by atoms with E-state index >= 15 is 0 Å². The first-order chi connectivity index (χ1) is 31.4. The first-order valence-corrected chi connectivity index (χ1v) is 29.5. The molecule has 0 saturated carbocycles. The van der Waals surface area contributed by atoms with Crippen molar-refractivity contribution in [2.24, 2.45) is 0 Å². The SMILES string of the molecule is CCCCCCCCCCC/C=C/C(OC(=O)CCCCCCCCCCCCC)C(COP(=O)(O)OCC[N+](C)(C)C)NC(=O)CCCCCCCCCCCCCCCCCCC. The number of esters is 1. The highest BCUT2D eigenvalue weighted by Crippen LogP contribution is 2.43. The van der Waals surface area contributed by atoms with Gasteiger partial charge >= 0.3 is 13.8 Å². The van der Waals surface area contributed by atoms with Gasteiger partial charge in [0, 0.05) is 12.8 Å². The van der Waals surface area contributed by atoms with Crippen molar-refractivity contribution >= 4 is 19.7 Å². The Balaban J connectivity index is 5.27. The molecule has 0 aromatic rings. The number of rotatable bonds is 51. The standard InChI is InChI=1S/C55H109N2O7P/c1-7-10-13-16-19-22-25-26-27-28-29-30-33-35-38-41-44-47-54(58)56-52(51-63-65(60,61)62-50-49-57(4,5)6)53(46-43-40-37-34-31-23-20-17-14-11-8-2)64-55(59)48-45-42-39-36-32-24-21-18-15-12-9-3/h43,46,52-53H,7-42,44-45,47-51H2,1-6H3,(H-,56,58,60,61)/p+1/b46-43+. The van der Waals surface area contributed by atoms with Crippen LogP contribution < -0.4 is 5.32 Å². The van der Waals surface area contributed by atoms with Crippen LogP contribution in [0.25, 0.3) is 0 Å². The lowest BCUT2D eigenvalue weighted by molar-refractivity contribution is -0.870. The van der Waals surface area contributed by atoms with Gasteiger partial charge in [-0.1, -0.05) is 245 Å². The monoisotopic (exact) mass is 942 g/mol. The molecule has 0 aromatic carbocycles. The first kappa shape index (κ1) is 63.8. The van der Waals surface area contributed by atoms with Gasteiger partial charge in [0.25, 0.3) is 0 Å². The third kappa shape index (κ3) is 47.6. The summed E-state index contributed by atoms with van der Waals surface area (Å²) in [4.78, 5) is 37.4. The van der Waals surface area contributed by atoms with Gasteiger partial charge in [-0.3, -0.25) is 18.6 Å². The van der Waals surface area contributed by atoms with Crippen molar-refractivity contribution in [3.05, 3.63) is 12.2 Å². The fourth-order valence-corrected chi connectivity index (χ4v) is 9.09. The van der Waals surface area contributed by atoms with Crippen molar-refractivity contribution < 1.29 is 37.3 Å². The maximum Gasteiger partial charge on any atom is 0.472 e. The van der Waals surface area contributed by atoms with E-state index in [1.54, 1.807) is 0 Å². The number of phosphoric acid groups is 1. The fraction of sp³-hybridized carbons (Fsp3) is 0.927.